The average molecular weight is 427 g/mol. The predicted octanol–water partition coefficient (Wildman–Crippen LogP) is 2.79. The molecule has 0 saturated carbocycles. The zero-order valence-corrected chi connectivity index (χ0v) is 16.9. The van der Waals surface area contributed by atoms with E-state index in [0.29, 0.717) is 19.1 Å². The number of halogens is 1. The van der Waals surface area contributed by atoms with E-state index in [-0.39, 0.29) is 29.6 Å². The predicted molar refractivity (Wildman–Crippen MR) is 103 cm³/mol. The molecule has 1 saturated heterocycles. The summed E-state index contributed by atoms with van der Waals surface area (Å²) in [5.41, 5.74) is -0.0872. The number of hydrogen-bond acceptors (Lipinski definition) is 3. The number of nitrogens with one attached hydrogen (secondary N) is 2. The van der Waals surface area contributed by atoms with Crippen molar-refractivity contribution in [2.45, 2.75) is 52.6 Å². The van der Waals surface area contributed by atoms with E-state index >= 15 is 0 Å². The summed E-state index contributed by atoms with van der Waals surface area (Å²) < 4.78 is 11.4. The Morgan fingerprint density at radius 2 is 2.09 bits per heavy atom. The lowest BCUT2D eigenvalue weighted by Crippen LogP contribution is -2.40. The number of hydrogen-bond donors (Lipinski definition) is 2. The van der Waals surface area contributed by atoms with Crippen molar-refractivity contribution in [3.63, 3.8) is 0 Å². The fourth-order valence-corrected chi connectivity index (χ4v) is 2.21. The lowest BCUT2D eigenvalue weighted by atomic mass is 10.0. The fourth-order valence-electron chi connectivity index (χ4n) is 2.21. The molecular formula is C16H34IN3O2. The van der Waals surface area contributed by atoms with Crippen molar-refractivity contribution in [1.82, 2.24) is 10.6 Å². The molecule has 0 aromatic rings. The van der Waals surface area contributed by atoms with Gasteiger partial charge in [-0.2, -0.15) is 0 Å². The molecule has 132 valence electrons. The Hall–Kier alpha value is -0.0800. The van der Waals surface area contributed by atoms with Crippen LogP contribution in [-0.4, -0.2) is 51.0 Å². The second-order valence-electron chi connectivity index (χ2n) is 6.32. The third kappa shape index (κ3) is 9.84. The van der Waals surface area contributed by atoms with Gasteiger partial charge in [0, 0.05) is 26.3 Å². The molecule has 0 aromatic carbocycles. The van der Waals surface area contributed by atoms with Gasteiger partial charge in [0.1, 0.15) is 0 Å². The largest absolute Gasteiger partial charge is 0.380 e. The van der Waals surface area contributed by atoms with Gasteiger partial charge in [-0.3, -0.25) is 4.99 Å². The van der Waals surface area contributed by atoms with E-state index in [0.717, 1.165) is 51.5 Å². The SMILES string of the molecule is CCNC(=NCC1(C)CCCO1)NCCOCCC(C)C.I. The average Bonchev–Trinajstić information content (AvgIpc) is 2.87. The number of nitrogens with zero attached hydrogens (tertiary/aromatic N) is 1. The van der Waals surface area contributed by atoms with Crippen LogP contribution >= 0.6 is 24.0 Å². The van der Waals surface area contributed by atoms with Gasteiger partial charge in [-0.05, 0) is 39.0 Å². The Labute approximate surface area is 153 Å². The topological polar surface area (TPSA) is 54.9 Å². The molecule has 0 aliphatic carbocycles. The van der Waals surface area contributed by atoms with Crippen LogP contribution in [-0.2, 0) is 9.47 Å². The lowest BCUT2D eigenvalue weighted by Gasteiger charge is -2.21. The van der Waals surface area contributed by atoms with Crippen LogP contribution in [0.4, 0.5) is 0 Å². The molecule has 1 aliphatic heterocycles. The standard InChI is InChI=1S/C16H33N3O2.HI/c1-5-17-15(18-9-12-20-11-7-14(2)3)19-13-16(4)8-6-10-21-16;/h14H,5-13H2,1-4H3,(H2,17,18,19);1H. The van der Waals surface area contributed by atoms with Crippen LogP contribution in [0.1, 0.15) is 47.0 Å². The monoisotopic (exact) mass is 427 g/mol. The molecule has 1 aliphatic rings. The number of rotatable bonds is 9. The molecule has 22 heavy (non-hydrogen) atoms. The Morgan fingerprint density at radius 3 is 2.68 bits per heavy atom. The minimum Gasteiger partial charge on any atom is -0.380 e. The second kappa shape index (κ2) is 12.4. The smallest absolute Gasteiger partial charge is 0.191 e. The zero-order valence-electron chi connectivity index (χ0n) is 14.6. The summed E-state index contributed by atoms with van der Waals surface area (Å²) in [5.74, 6) is 1.55. The quantitative estimate of drug-likeness (QED) is 0.257. The molecular weight excluding hydrogens is 393 g/mol. The van der Waals surface area contributed by atoms with Crippen molar-refractivity contribution in [2.24, 2.45) is 10.9 Å². The number of aliphatic imine (C=N–C) groups is 1. The maximum Gasteiger partial charge on any atom is 0.191 e. The molecule has 5 nitrogen and oxygen atoms in total. The fraction of sp³-hybridized carbons (Fsp3) is 0.938. The second-order valence-corrected chi connectivity index (χ2v) is 6.32. The molecule has 0 aromatic heterocycles. The van der Waals surface area contributed by atoms with E-state index in [1.807, 2.05) is 0 Å². The summed E-state index contributed by atoms with van der Waals surface area (Å²) in [5, 5.41) is 6.57. The Kier molecular flexibility index (Phi) is 12.3. The van der Waals surface area contributed by atoms with Crippen molar-refractivity contribution in [2.75, 3.05) is 39.5 Å². The minimum atomic E-state index is -0.0872. The molecule has 1 rings (SSSR count). The van der Waals surface area contributed by atoms with E-state index in [1.54, 1.807) is 0 Å². The highest BCUT2D eigenvalue weighted by atomic mass is 127. The molecule has 0 radical (unpaired) electrons. The summed E-state index contributed by atoms with van der Waals surface area (Å²) in [4.78, 5) is 4.63. The van der Waals surface area contributed by atoms with Gasteiger partial charge in [-0.15, -0.1) is 24.0 Å². The van der Waals surface area contributed by atoms with Gasteiger partial charge in [0.05, 0.1) is 18.8 Å². The summed E-state index contributed by atoms with van der Waals surface area (Å²) in [7, 11) is 0. The Balaban J connectivity index is 0.00000441. The van der Waals surface area contributed by atoms with Gasteiger partial charge in [-0.1, -0.05) is 13.8 Å². The summed E-state index contributed by atoms with van der Waals surface area (Å²) in [6.07, 6.45) is 3.34. The minimum absolute atomic E-state index is 0. The number of guanidine groups is 1. The highest BCUT2D eigenvalue weighted by Gasteiger charge is 2.29. The van der Waals surface area contributed by atoms with Gasteiger partial charge >= 0.3 is 0 Å². The van der Waals surface area contributed by atoms with E-state index in [4.69, 9.17) is 9.47 Å². The maximum absolute atomic E-state index is 5.76. The molecule has 6 heteroatoms. The highest BCUT2D eigenvalue weighted by molar-refractivity contribution is 14.0. The van der Waals surface area contributed by atoms with Gasteiger partial charge < -0.3 is 20.1 Å². The van der Waals surface area contributed by atoms with Crippen molar-refractivity contribution in [3.05, 3.63) is 0 Å². The lowest BCUT2D eigenvalue weighted by molar-refractivity contribution is 0.0283. The molecule has 1 fully saturated rings. The summed E-state index contributed by atoms with van der Waals surface area (Å²) in [6.45, 7) is 13.4. The van der Waals surface area contributed by atoms with Crippen molar-refractivity contribution in [3.8, 4) is 0 Å². The first kappa shape index (κ1) is 21.9. The van der Waals surface area contributed by atoms with Crippen LogP contribution in [0, 0.1) is 5.92 Å². The molecule has 1 atom stereocenters. The maximum atomic E-state index is 5.76. The van der Waals surface area contributed by atoms with E-state index in [9.17, 15) is 0 Å². The van der Waals surface area contributed by atoms with Gasteiger partial charge in [0.25, 0.3) is 0 Å². The molecule has 1 heterocycles. The van der Waals surface area contributed by atoms with E-state index in [2.05, 4.69) is 43.3 Å². The van der Waals surface area contributed by atoms with Gasteiger partial charge in [0.2, 0.25) is 0 Å². The highest BCUT2D eigenvalue weighted by Crippen LogP contribution is 2.24. The molecule has 0 spiro atoms. The summed E-state index contributed by atoms with van der Waals surface area (Å²) >= 11 is 0. The van der Waals surface area contributed by atoms with Gasteiger partial charge in [0.15, 0.2) is 5.96 Å². The summed E-state index contributed by atoms with van der Waals surface area (Å²) in [6, 6.07) is 0. The first-order valence-electron chi connectivity index (χ1n) is 8.29. The normalized spacial score (nSPS) is 21.8. The van der Waals surface area contributed by atoms with E-state index in [1.165, 1.54) is 0 Å². The van der Waals surface area contributed by atoms with Crippen molar-refractivity contribution < 1.29 is 9.47 Å². The molecule has 0 amide bonds. The molecule has 0 bridgehead atoms. The van der Waals surface area contributed by atoms with Crippen LogP contribution in [0.3, 0.4) is 0 Å². The van der Waals surface area contributed by atoms with E-state index < -0.39 is 0 Å². The third-order valence-electron chi connectivity index (χ3n) is 3.59. The first-order valence-corrected chi connectivity index (χ1v) is 8.29. The number of ether oxygens (including phenoxy) is 2. The molecule has 1 unspecified atom stereocenters. The molecule has 2 N–H and O–H groups in total. The van der Waals surface area contributed by atoms with Gasteiger partial charge in [-0.25, -0.2) is 0 Å². The van der Waals surface area contributed by atoms with Crippen LogP contribution in [0.15, 0.2) is 4.99 Å². The Bertz CT molecular complexity index is 306. The van der Waals surface area contributed by atoms with Crippen LogP contribution in [0.2, 0.25) is 0 Å². The van der Waals surface area contributed by atoms with Crippen molar-refractivity contribution in [1.29, 1.82) is 0 Å². The van der Waals surface area contributed by atoms with Crippen LogP contribution in [0.25, 0.3) is 0 Å². The first-order chi connectivity index (χ1) is 10.1. The van der Waals surface area contributed by atoms with Crippen LogP contribution < -0.4 is 10.6 Å². The van der Waals surface area contributed by atoms with Crippen molar-refractivity contribution >= 4 is 29.9 Å². The van der Waals surface area contributed by atoms with Crippen LogP contribution in [0.5, 0.6) is 0 Å². The zero-order chi connectivity index (χ0) is 15.6. The third-order valence-corrected chi connectivity index (χ3v) is 3.59. The Morgan fingerprint density at radius 1 is 1.32 bits per heavy atom.